The molecule has 2 unspecified atom stereocenters. The van der Waals surface area contributed by atoms with Gasteiger partial charge in [0.25, 0.3) is 0 Å². The number of hydrogen-bond acceptors (Lipinski definition) is 5. The lowest BCUT2D eigenvalue weighted by Gasteiger charge is -2.37. The van der Waals surface area contributed by atoms with E-state index in [1.165, 1.54) is 7.11 Å². The Morgan fingerprint density at radius 1 is 1.45 bits per heavy atom. The van der Waals surface area contributed by atoms with Crippen LogP contribution in [0.2, 0.25) is 0 Å². The van der Waals surface area contributed by atoms with Gasteiger partial charge in [0.1, 0.15) is 5.92 Å². The fourth-order valence-corrected chi connectivity index (χ4v) is 4.46. The summed E-state index contributed by atoms with van der Waals surface area (Å²) in [6, 6.07) is 2.02. The highest BCUT2D eigenvalue weighted by Crippen LogP contribution is 2.46. The lowest BCUT2D eigenvalue weighted by atomic mass is 9.73. The number of hydrogen-bond donors (Lipinski definition) is 1. The molecule has 0 spiro atoms. The van der Waals surface area contributed by atoms with Crippen LogP contribution in [0.1, 0.15) is 35.6 Å². The third-order valence-corrected chi connectivity index (χ3v) is 5.53. The first-order valence-electron chi connectivity index (χ1n) is 7.38. The van der Waals surface area contributed by atoms with Crippen LogP contribution in [0.25, 0.3) is 0 Å². The number of ether oxygens (including phenoxy) is 1. The smallest absolute Gasteiger partial charge is 0.315 e. The molecule has 116 valence electrons. The van der Waals surface area contributed by atoms with Gasteiger partial charge in [-0.2, -0.15) is 0 Å². The van der Waals surface area contributed by atoms with Gasteiger partial charge >= 0.3 is 5.97 Å². The van der Waals surface area contributed by atoms with Crippen molar-refractivity contribution < 1.29 is 14.3 Å². The Morgan fingerprint density at radius 3 is 2.86 bits per heavy atom. The molecule has 0 radical (unpaired) electrons. The number of allylic oxidation sites excluding steroid dienone is 2. The van der Waals surface area contributed by atoms with Gasteiger partial charge in [-0.05, 0) is 36.8 Å². The van der Waals surface area contributed by atoms with Crippen molar-refractivity contribution in [2.75, 3.05) is 7.11 Å². The van der Waals surface area contributed by atoms with E-state index in [2.05, 4.69) is 11.9 Å². The molecular weight excluding hydrogens is 298 g/mol. The van der Waals surface area contributed by atoms with Crippen molar-refractivity contribution in [3.05, 3.63) is 45.4 Å². The van der Waals surface area contributed by atoms with E-state index < -0.39 is 5.92 Å². The molecule has 0 saturated carbocycles. The molecule has 0 saturated heterocycles. The van der Waals surface area contributed by atoms with Crippen LogP contribution in [0.3, 0.4) is 0 Å². The quantitative estimate of drug-likeness (QED) is 0.852. The summed E-state index contributed by atoms with van der Waals surface area (Å²) in [7, 11) is 1.38. The molecule has 22 heavy (non-hydrogen) atoms. The van der Waals surface area contributed by atoms with E-state index in [1.54, 1.807) is 11.3 Å². The zero-order valence-corrected chi connectivity index (χ0v) is 13.6. The Morgan fingerprint density at radius 2 is 2.23 bits per heavy atom. The summed E-state index contributed by atoms with van der Waals surface area (Å²) in [5, 5.41) is 5.19. The predicted octanol–water partition coefficient (Wildman–Crippen LogP) is 3.05. The van der Waals surface area contributed by atoms with E-state index in [0.29, 0.717) is 12.1 Å². The first-order valence-corrected chi connectivity index (χ1v) is 8.26. The van der Waals surface area contributed by atoms with Crippen LogP contribution < -0.4 is 5.32 Å². The fourth-order valence-electron chi connectivity index (χ4n) is 3.38. The SMILES string of the molecule is C=C1NC2=C(C(=O)CCC2)C(c2sccc2C)C1C(=O)OC. The number of aryl methyl sites for hydroxylation is 1. The highest BCUT2D eigenvalue weighted by molar-refractivity contribution is 7.10. The molecule has 0 amide bonds. The summed E-state index contributed by atoms with van der Waals surface area (Å²) >= 11 is 1.58. The average Bonchev–Trinajstić information content (AvgIpc) is 2.91. The zero-order chi connectivity index (χ0) is 15.9. The van der Waals surface area contributed by atoms with Gasteiger partial charge in [0, 0.05) is 34.2 Å². The van der Waals surface area contributed by atoms with Crippen LogP contribution in [-0.4, -0.2) is 18.9 Å². The van der Waals surface area contributed by atoms with Crippen LogP contribution in [-0.2, 0) is 14.3 Å². The van der Waals surface area contributed by atoms with Crippen LogP contribution in [0.5, 0.6) is 0 Å². The number of thiophene rings is 1. The third kappa shape index (κ3) is 2.29. The van der Waals surface area contributed by atoms with E-state index in [-0.39, 0.29) is 17.7 Å². The molecule has 0 fully saturated rings. The second-order valence-electron chi connectivity index (χ2n) is 5.77. The Kier molecular flexibility index (Phi) is 3.91. The molecular formula is C17H19NO3S. The maximum Gasteiger partial charge on any atom is 0.315 e. The average molecular weight is 317 g/mol. The molecule has 5 heteroatoms. The Balaban J connectivity index is 2.19. The lowest BCUT2D eigenvalue weighted by molar-refractivity contribution is -0.144. The summed E-state index contributed by atoms with van der Waals surface area (Å²) in [6.45, 7) is 6.03. The van der Waals surface area contributed by atoms with E-state index in [1.807, 2.05) is 18.4 Å². The molecule has 2 heterocycles. The van der Waals surface area contributed by atoms with E-state index in [0.717, 1.165) is 34.6 Å². The lowest BCUT2D eigenvalue weighted by Crippen LogP contribution is -2.40. The Bertz CT molecular complexity index is 686. The van der Waals surface area contributed by atoms with Gasteiger partial charge in [0.2, 0.25) is 0 Å². The van der Waals surface area contributed by atoms with Gasteiger partial charge in [0.05, 0.1) is 7.11 Å². The van der Waals surface area contributed by atoms with Gasteiger partial charge < -0.3 is 10.1 Å². The molecule has 1 aliphatic carbocycles. The fraction of sp³-hybridized carbons (Fsp3) is 0.412. The van der Waals surface area contributed by atoms with Gasteiger partial charge in [-0.3, -0.25) is 9.59 Å². The predicted molar refractivity (Wildman–Crippen MR) is 85.5 cm³/mol. The number of esters is 1. The van der Waals surface area contributed by atoms with Crippen molar-refractivity contribution in [3.8, 4) is 0 Å². The van der Waals surface area contributed by atoms with Gasteiger partial charge in [-0.1, -0.05) is 6.58 Å². The van der Waals surface area contributed by atoms with Crippen LogP contribution in [0.15, 0.2) is 35.0 Å². The molecule has 1 aromatic heterocycles. The number of carbonyl (C=O) groups excluding carboxylic acids is 2. The van der Waals surface area contributed by atoms with Gasteiger partial charge in [0.15, 0.2) is 5.78 Å². The Labute approximate surface area is 133 Å². The standard InChI is InChI=1S/C17H19NO3S/c1-9-7-8-22-16(9)15-13(17(20)21-3)10(2)18-11-5-4-6-12(19)14(11)15/h7-8,13,15,18H,2,4-6H2,1,3H3. The first-order chi connectivity index (χ1) is 10.5. The molecule has 0 aromatic carbocycles. The highest BCUT2D eigenvalue weighted by Gasteiger charge is 2.44. The minimum absolute atomic E-state index is 0.132. The molecule has 1 N–H and O–H groups in total. The summed E-state index contributed by atoms with van der Waals surface area (Å²) in [6.07, 6.45) is 2.22. The number of methoxy groups -OCH3 is 1. The second-order valence-corrected chi connectivity index (χ2v) is 6.71. The van der Waals surface area contributed by atoms with Crippen molar-refractivity contribution in [3.63, 3.8) is 0 Å². The topological polar surface area (TPSA) is 55.4 Å². The maximum atomic E-state index is 12.5. The van der Waals surface area contributed by atoms with E-state index in [4.69, 9.17) is 4.74 Å². The van der Waals surface area contributed by atoms with Gasteiger partial charge in [-0.15, -0.1) is 11.3 Å². The first kappa shape index (κ1) is 15.0. The summed E-state index contributed by atoms with van der Waals surface area (Å²) in [5.74, 6) is -1.04. The monoisotopic (exact) mass is 317 g/mol. The van der Waals surface area contributed by atoms with Crippen molar-refractivity contribution in [1.29, 1.82) is 0 Å². The number of Topliss-reactive ketones (excluding diaryl/α,β-unsaturated/α-hetero) is 1. The van der Waals surface area contributed by atoms with Crippen molar-refractivity contribution in [1.82, 2.24) is 5.32 Å². The highest BCUT2D eigenvalue weighted by atomic mass is 32.1. The molecule has 4 nitrogen and oxygen atoms in total. The van der Waals surface area contributed by atoms with Crippen molar-refractivity contribution in [2.24, 2.45) is 5.92 Å². The van der Waals surface area contributed by atoms with Crippen molar-refractivity contribution >= 4 is 23.1 Å². The largest absolute Gasteiger partial charge is 0.468 e. The van der Waals surface area contributed by atoms with E-state index in [9.17, 15) is 9.59 Å². The summed E-state index contributed by atoms with van der Waals surface area (Å²) in [4.78, 5) is 25.9. The molecule has 2 atom stereocenters. The minimum Gasteiger partial charge on any atom is -0.468 e. The third-order valence-electron chi connectivity index (χ3n) is 4.43. The molecule has 0 bridgehead atoms. The molecule has 1 aliphatic heterocycles. The summed E-state index contributed by atoms with van der Waals surface area (Å²) in [5.41, 5.74) is 3.40. The number of rotatable bonds is 2. The number of nitrogens with one attached hydrogen (secondary N) is 1. The number of ketones is 1. The zero-order valence-electron chi connectivity index (χ0n) is 12.8. The Hall–Kier alpha value is -1.88. The minimum atomic E-state index is -0.553. The maximum absolute atomic E-state index is 12.5. The summed E-state index contributed by atoms with van der Waals surface area (Å²) < 4.78 is 4.97. The van der Waals surface area contributed by atoms with E-state index >= 15 is 0 Å². The van der Waals surface area contributed by atoms with Crippen LogP contribution in [0.4, 0.5) is 0 Å². The second kappa shape index (κ2) is 5.72. The molecule has 2 aliphatic rings. The normalized spacial score (nSPS) is 24.8. The van der Waals surface area contributed by atoms with Crippen LogP contribution >= 0.6 is 11.3 Å². The van der Waals surface area contributed by atoms with Crippen molar-refractivity contribution in [2.45, 2.75) is 32.1 Å². The van der Waals surface area contributed by atoms with Crippen LogP contribution in [0, 0.1) is 12.8 Å². The number of carbonyl (C=O) groups is 2. The molecule has 3 rings (SSSR count). The molecule has 1 aromatic rings. The van der Waals surface area contributed by atoms with Gasteiger partial charge in [-0.25, -0.2) is 0 Å².